The predicted molar refractivity (Wildman–Crippen MR) is 101 cm³/mol. The lowest BCUT2D eigenvalue weighted by atomic mass is 10.1. The molecule has 0 spiro atoms. The zero-order valence-electron chi connectivity index (χ0n) is 13.9. The number of benzene rings is 3. The molecule has 4 nitrogen and oxygen atoms in total. The standard InChI is InChI=1S/C21H19N3O/c22-14-7-15-24(18-10-2-1-3-11-18)21(25)16-23-20-13-6-9-17-8-4-5-12-19(17)20/h1-6,8-13,23H,7,15-16H2. The van der Waals surface area contributed by atoms with Crippen molar-refractivity contribution in [2.24, 2.45) is 0 Å². The van der Waals surface area contributed by atoms with E-state index in [0.717, 1.165) is 22.1 Å². The van der Waals surface area contributed by atoms with E-state index >= 15 is 0 Å². The van der Waals surface area contributed by atoms with Gasteiger partial charge in [-0.15, -0.1) is 0 Å². The van der Waals surface area contributed by atoms with Crippen LogP contribution in [0.1, 0.15) is 6.42 Å². The molecule has 0 atom stereocenters. The highest BCUT2D eigenvalue weighted by atomic mass is 16.2. The summed E-state index contributed by atoms with van der Waals surface area (Å²) < 4.78 is 0. The monoisotopic (exact) mass is 329 g/mol. The Balaban J connectivity index is 1.76. The number of amides is 1. The number of nitrogens with zero attached hydrogens (tertiary/aromatic N) is 2. The molecule has 3 rings (SSSR count). The smallest absolute Gasteiger partial charge is 0.246 e. The third kappa shape index (κ3) is 3.96. The first-order chi connectivity index (χ1) is 12.3. The SMILES string of the molecule is N#CCCN(C(=O)CNc1cccc2ccccc12)c1ccccc1. The van der Waals surface area contributed by atoms with Crippen LogP contribution in [0.15, 0.2) is 72.8 Å². The van der Waals surface area contributed by atoms with E-state index in [-0.39, 0.29) is 12.5 Å². The first-order valence-corrected chi connectivity index (χ1v) is 8.23. The first kappa shape index (κ1) is 16.5. The molecule has 0 unspecified atom stereocenters. The predicted octanol–water partition coefficient (Wildman–Crippen LogP) is 4.20. The number of fused-ring (bicyclic) bond motifs is 1. The number of carbonyl (C=O) groups is 1. The summed E-state index contributed by atoms with van der Waals surface area (Å²) in [4.78, 5) is 14.4. The van der Waals surface area contributed by atoms with Crippen LogP contribution in [0.2, 0.25) is 0 Å². The molecule has 0 saturated carbocycles. The molecule has 0 radical (unpaired) electrons. The summed E-state index contributed by atoms with van der Waals surface area (Å²) in [5.74, 6) is -0.0608. The van der Waals surface area contributed by atoms with Gasteiger partial charge in [-0.05, 0) is 23.6 Å². The largest absolute Gasteiger partial charge is 0.376 e. The Labute approximate surface area is 147 Å². The van der Waals surface area contributed by atoms with Crippen molar-refractivity contribution in [1.82, 2.24) is 0 Å². The Kier molecular flexibility index (Phi) is 5.28. The number of hydrogen-bond donors (Lipinski definition) is 1. The summed E-state index contributed by atoms with van der Waals surface area (Å²) in [5.41, 5.74) is 1.74. The molecule has 1 N–H and O–H groups in total. The van der Waals surface area contributed by atoms with Crippen molar-refractivity contribution in [2.75, 3.05) is 23.3 Å². The van der Waals surface area contributed by atoms with E-state index < -0.39 is 0 Å². The quantitative estimate of drug-likeness (QED) is 0.737. The number of carbonyl (C=O) groups excluding carboxylic acids is 1. The first-order valence-electron chi connectivity index (χ1n) is 8.23. The highest BCUT2D eigenvalue weighted by molar-refractivity contribution is 5.99. The van der Waals surface area contributed by atoms with Gasteiger partial charge in [-0.3, -0.25) is 4.79 Å². The molecule has 0 saturated heterocycles. The lowest BCUT2D eigenvalue weighted by molar-refractivity contribution is -0.117. The van der Waals surface area contributed by atoms with Crippen molar-refractivity contribution >= 4 is 28.1 Å². The van der Waals surface area contributed by atoms with Gasteiger partial charge in [-0.25, -0.2) is 0 Å². The zero-order valence-corrected chi connectivity index (χ0v) is 13.9. The second kappa shape index (κ2) is 7.98. The average Bonchev–Trinajstić information content (AvgIpc) is 2.67. The van der Waals surface area contributed by atoms with Crippen molar-refractivity contribution in [2.45, 2.75) is 6.42 Å². The molecule has 0 aliphatic rings. The Morgan fingerprint density at radius 2 is 1.68 bits per heavy atom. The molecule has 4 heteroatoms. The molecular formula is C21H19N3O. The number of anilines is 2. The topological polar surface area (TPSA) is 56.1 Å². The molecule has 0 bridgehead atoms. The van der Waals surface area contributed by atoms with Gasteiger partial charge in [0.25, 0.3) is 0 Å². The fraction of sp³-hybridized carbons (Fsp3) is 0.143. The maximum absolute atomic E-state index is 12.7. The van der Waals surface area contributed by atoms with Crippen molar-refractivity contribution in [3.05, 3.63) is 72.8 Å². The molecule has 0 aliphatic heterocycles. The fourth-order valence-corrected chi connectivity index (χ4v) is 2.81. The fourth-order valence-electron chi connectivity index (χ4n) is 2.81. The third-order valence-electron chi connectivity index (χ3n) is 4.04. The lowest BCUT2D eigenvalue weighted by Gasteiger charge is -2.22. The summed E-state index contributed by atoms with van der Waals surface area (Å²) in [7, 11) is 0. The molecule has 1 amide bonds. The van der Waals surface area contributed by atoms with Gasteiger partial charge >= 0.3 is 0 Å². The van der Waals surface area contributed by atoms with Gasteiger partial charge in [-0.2, -0.15) is 5.26 Å². The van der Waals surface area contributed by atoms with Crippen LogP contribution in [0.5, 0.6) is 0 Å². The Bertz CT molecular complexity index is 894. The summed E-state index contributed by atoms with van der Waals surface area (Å²) in [6.45, 7) is 0.560. The maximum Gasteiger partial charge on any atom is 0.246 e. The van der Waals surface area contributed by atoms with Gasteiger partial charge in [0.2, 0.25) is 5.91 Å². The van der Waals surface area contributed by atoms with E-state index in [0.29, 0.717) is 13.0 Å². The molecule has 0 aliphatic carbocycles. The van der Waals surface area contributed by atoms with Crippen LogP contribution in [-0.2, 0) is 4.79 Å². The molecule has 25 heavy (non-hydrogen) atoms. The van der Waals surface area contributed by atoms with Crippen molar-refractivity contribution < 1.29 is 4.79 Å². The van der Waals surface area contributed by atoms with E-state index in [1.54, 1.807) is 4.90 Å². The van der Waals surface area contributed by atoms with Crippen LogP contribution >= 0.6 is 0 Å². The second-order valence-corrected chi connectivity index (χ2v) is 5.67. The van der Waals surface area contributed by atoms with E-state index in [9.17, 15) is 4.79 Å². The van der Waals surface area contributed by atoms with Crippen LogP contribution in [0.3, 0.4) is 0 Å². The molecule has 3 aromatic rings. The Hall–Kier alpha value is -3.32. The van der Waals surface area contributed by atoms with Crippen molar-refractivity contribution in [1.29, 1.82) is 5.26 Å². The molecule has 124 valence electrons. The number of para-hydroxylation sites is 1. The van der Waals surface area contributed by atoms with Crippen LogP contribution in [0.4, 0.5) is 11.4 Å². The minimum absolute atomic E-state index is 0.0608. The Morgan fingerprint density at radius 3 is 2.48 bits per heavy atom. The number of hydrogen-bond acceptors (Lipinski definition) is 3. The van der Waals surface area contributed by atoms with Crippen LogP contribution in [0.25, 0.3) is 10.8 Å². The lowest BCUT2D eigenvalue weighted by Crippen LogP contribution is -2.36. The maximum atomic E-state index is 12.7. The molecular weight excluding hydrogens is 310 g/mol. The summed E-state index contributed by atoms with van der Waals surface area (Å²) in [6.07, 6.45) is 0.300. The number of nitriles is 1. The van der Waals surface area contributed by atoms with E-state index in [4.69, 9.17) is 5.26 Å². The summed E-state index contributed by atoms with van der Waals surface area (Å²) in [5, 5.41) is 14.3. The normalized spacial score (nSPS) is 10.2. The van der Waals surface area contributed by atoms with Gasteiger partial charge in [0.1, 0.15) is 0 Å². The molecule has 0 aromatic heterocycles. The van der Waals surface area contributed by atoms with Gasteiger partial charge in [0.15, 0.2) is 0 Å². The minimum atomic E-state index is -0.0608. The second-order valence-electron chi connectivity index (χ2n) is 5.67. The summed E-state index contributed by atoms with van der Waals surface area (Å²) >= 11 is 0. The van der Waals surface area contributed by atoms with E-state index in [1.807, 2.05) is 72.8 Å². The molecule has 3 aromatic carbocycles. The van der Waals surface area contributed by atoms with Crippen LogP contribution < -0.4 is 10.2 Å². The van der Waals surface area contributed by atoms with E-state index in [2.05, 4.69) is 11.4 Å². The van der Waals surface area contributed by atoms with Crippen molar-refractivity contribution in [3.63, 3.8) is 0 Å². The highest BCUT2D eigenvalue weighted by Gasteiger charge is 2.15. The summed E-state index contributed by atoms with van der Waals surface area (Å²) in [6, 6.07) is 25.6. The highest BCUT2D eigenvalue weighted by Crippen LogP contribution is 2.23. The number of rotatable bonds is 6. The van der Waals surface area contributed by atoms with Crippen LogP contribution in [-0.4, -0.2) is 19.0 Å². The average molecular weight is 329 g/mol. The number of nitrogens with one attached hydrogen (secondary N) is 1. The van der Waals surface area contributed by atoms with E-state index in [1.165, 1.54) is 0 Å². The Morgan fingerprint density at radius 1 is 0.960 bits per heavy atom. The van der Waals surface area contributed by atoms with Crippen molar-refractivity contribution in [3.8, 4) is 6.07 Å². The van der Waals surface area contributed by atoms with Gasteiger partial charge in [0.05, 0.1) is 19.0 Å². The van der Waals surface area contributed by atoms with Gasteiger partial charge in [-0.1, -0.05) is 54.6 Å². The zero-order chi connectivity index (χ0) is 17.5. The third-order valence-corrected chi connectivity index (χ3v) is 4.04. The molecule has 0 fully saturated rings. The molecule has 0 heterocycles. The van der Waals surface area contributed by atoms with Crippen LogP contribution in [0, 0.1) is 11.3 Å². The van der Waals surface area contributed by atoms with Gasteiger partial charge < -0.3 is 10.2 Å². The minimum Gasteiger partial charge on any atom is -0.376 e. The van der Waals surface area contributed by atoms with Gasteiger partial charge in [0, 0.05) is 23.3 Å².